The van der Waals surface area contributed by atoms with Gasteiger partial charge in [-0.2, -0.15) is 4.31 Å². The molecule has 12 heteroatoms. The summed E-state index contributed by atoms with van der Waals surface area (Å²) in [6.45, 7) is 2.87. The lowest BCUT2D eigenvalue weighted by Gasteiger charge is -2.24. The number of amides is 2. The van der Waals surface area contributed by atoms with Crippen molar-refractivity contribution in [1.82, 2.24) is 23.7 Å². The molecule has 0 unspecified atom stereocenters. The van der Waals surface area contributed by atoms with Gasteiger partial charge in [-0.1, -0.05) is 24.0 Å². The zero-order valence-corrected chi connectivity index (χ0v) is 17.6. The molecule has 0 saturated carbocycles. The van der Waals surface area contributed by atoms with E-state index >= 15 is 0 Å². The van der Waals surface area contributed by atoms with Crippen LogP contribution < -0.4 is 0 Å². The number of rotatable bonds is 4. The molecule has 27 heavy (non-hydrogen) atoms. The van der Waals surface area contributed by atoms with Crippen molar-refractivity contribution in [3.05, 3.63) is 12.0 Å². The first kappa shape index (κ1) is 20.2. The van der Waals surface area contributed by atoms with Crippen molar-refractivity contribution < 1.29 is 18.0 Å². The van der Waals surface area contributed by atoms with Crippen LogP contribution in [-0.4, -0.2) is 86.7 Å². The normalized spacial score (nSPS) is 19.6. The number of hydrogen-bond acceptors (Lipinski definition) is 7. The molecule has 0 atom stereocenters. The third kappa shape index (κ3) is 4.18. The highest BCUT2D eigenvalue weighted by molar-refractivity contribution is 8.23. The summed E-state index contributed by atoms with van der Waals surface area (Å²) in [6, 6.07) is 0. The molecule has 1 aromatic rings. The van der Waals surface area contributed by atoms with Crippen molar-refractivity contribution >= 4 is 50.1 Å². The van der Waals surface area contributed by atoms with Gasteiger partial charge in [0.25, 0.3) is 10.0 Å². The molecule has 1 aromatic heterocycles. The van der Waals surface area contributed by atoms with Crippen molar-refractivity contribution in [2.24, 2.45) is 7.05 Å². The predicted molar refractivity (Wildman–Crippen MR) is 105 cm³/mol. The number of carbonyl (C=O) groups is 2. The number of aromatic nitrogens is 2. The Labute approximate surface area is 167 Å². The minimum absolute atomic E-state index is 0.0207. The molecule has 0 aromatic carbocycles. The number of thiocarbonyl (C=S) groups is 1. The number of aryl methyl sites for hydroxylation is 2. The van der Waals surface area contributed by atoms with E-state index in [9.17, 15) is 18.0 Å². The fraction of sp³-hybridized carbons (Fsp3) is 0.600. The second kappa shape index (κ2) is 7.86. The van der Waals surface area contributed by atoms with Crippen LogP contribution in [0.5, 0.6) is 0 Å². The van der Waals surface area contributed by atoms with Crippen molar-refractivity contribution in [2.45, 2.75) is 18.4 Å². The van der Waals surface area contributed by atoms with E-state index in [1.165, 1.54) is 27.2 Å². The SMILES string of the molecule is Cc1nc(S(=O)(=O)N2CCCN(C(=O)CN3C(=O)CSC3=S)CC2)cn1C. The maximum Gasteiger partial charge on any atom is 0.262 e. The summed E-state index contributed by atoms with van der Waals surface area (Å²) in [6.07, 6.45) is 2.01. The molecule has 0 N–H and O–H groups in total. The van der Waals surface area contributed by atoms with E-state index in [1.54, 1.807) is 23.4 Å². The Morgan fingerprint density at radius 1 is 1.30 bits per heavy atom. The van der Waals surface area contributed by atoms with Crippen molar-refractivity contribution in [3.63, 3.8) is 0 Å². The Hall–Kier alpha value is -1.50. The van der Waals surface area contributed by atoms with Crippen LogP contribution in [-0.2, 0) is 26.7 Å². The van der Waals surface area contributed by atoms with Gasteiger partial charge in [0.05, 0.1) is 5.75 Å². The lowest BCUT2D eigenvalue weighted by molar-refractivity contribution is -0.135. The first-order valence-corrected chi connectivity index (χ1v) is 11.3. The van der Waals surface area contributed by atoms with E-state index in [-0.39, 0.29) is 42.2 Å². The summed E-state index contributed by atoms with van der Waals surface area (Å²) in [4.78, 5) is 31.4. The Bertz CT molecular complexity index is 847. The van der Waals surface area contributed by atoms with E-state index in [1.807, 2.05) is 0 Å². The summed E-state index contributed by atoms with van der Waals surface area (Å²) >= 11 is 6.35. The van der Waals surface area contributed by atoms with Crippen molar-refractivity contribution in [3.8, 4) is 0 Å². The van der Waals surface area contributed by atoms with Crippen LogP contribution in [0.2, 0.25) is 0 Å². The molecule has 0 aliphatic carbocycles. The fourth-order valence-electron chi connectivity index (χ4n) is 2.94. The average Bonchev–Trinajstić information content (AvgIpc) is 3.00. The highest BCUT2D eigenvalue weighted by Crippen LogP contribution is 2.20. The van der Waals surface area contributed by atoms with Gasteiger partial charge in [-0.15, -0.1) is 0 Å². The van der Waals surface area contributed by atoms with Crippen LogP contribution in [0.25, 0.3) is 0 Å². The highest BCUT2D eigenvalue weighted by Gasteiger charge is 2.33. The Morgan fingerprint density at radius 3 is 2.63 bits per heavy atom. The molecular formula is C15H21N5O4S3. The number of nitrogens with zero attached hydrogens (tertiary/aromatic N) is 5. The van der Waals surface area contributed by atoms with Crippen LogP contribution in [0, 0.1) is 6.92 Å². The molecule has 0 bridgehead atoms. The largest absolute Gasteiger partial charge is 0.340 e. The molecule has 0 spiro atoms. The minimum Gasteiger partial charge on any atom is -0.340 e. The Morgan fingerprint density at radius 2 is 2.04 bits per heavy atom. The van der Waals surface area contributed by atoms with Gasteiger partial charge in [-0.3, -0.25) is 14.5 Å². The molecule has 9 nitrogen and oxygen atoms in total. The fourth-order valence-corrected chi connectivity index (χ4v) is 5.50. The zero-order chi connectivity index (χ0) is 19.8. The zero-order valence-electron chi connectivity index (χ0n) is 15.1. The summed E-state index contributed by atoms with van der Waals surface area (Å²) in [5.74, 6) is 0.495. The molecule has 2 amide bonds. The predicted octanol–water partition coefficient (Wildman–Crippen LogP) is -0.188. The van der Waals surface area contributed by atoms with E-state index in [2.05, 4.69) is 4.98 Å². The van der Waals surface area contributed by atoms with Gasteiger partial charge in [-0.25, -0.2) is 13.4 Å². The van der Waals surface area contributed by atoms with E-state index in [0.29, 0.717) is 29.7 Å². The summed E-state index contributed by atoms with van der Waals surface area (Å²) in [7, 11) is -1.96. The third-order valence-electron chi connectivity index (χ3n) is 4.63. The number of thioether (sulfide) groups is 1. The number of hydrogen-bond donors (Lipinski definition) is 0. The van der Waals surface area contributed by atoms with Gasteiger partial charge < -0.3 is 9.47 Å². The van der Waals surface area contributed by atoms with Gasteiger partial charge in [0.15, 0.2) is 5.03 Å². The Balaban J connectivity index is 1.65. The van der Waals surface area contributed by atoms with Crippen LogP contribution in [0.1, 0.15) is 12.2 Å². The van der Waals surface area contributed by atoms with Gasteiger partial charge in [0, 0.05) is 39.4 Å². The third-order valence-corrected chi connectivity index (χ3v) is 7.84. The van der Waals surface area contributed by atoms with Crippen LogP contribution >= 0.6 is 24.0 Å². The van der Waals surface area contributed by atoms with Crippen LogP contribution in [0.4, 0.5) is 0 Å². The summed E-state index contributed by atoms with van der Waals surface area (Å²) in [5.41, 5.74) is 0. The average molecular weight is 432 g/mol. The maximum absolute atomic E-state index is 12.8. The molecule has 3 rings (SSSR count). The molecule has 2 saturated heterocycles. The van der Waals surface area contributed by atoms with E-state index < -0.39 is 10.0 Å². The molecule has 0 radical (unpaired) electrons. The van der Waals surface area contributed by atoms with Gasteiger partial charge in [-0.05, 0) is 13.3 Å². The molecule has 2 fully saturated rings. The lowest BCUT2D eigenvalue weighted by Crippen LogP contribution is -2.44. The quantitative estimate of drug-likeness (QED) is 0.610. The summed E-state index contributed by atoms with van der Waals surface area (Å²) in [5, 5.41) is 0.0207. The van der Waals surface area contributed by atoms with E-state index in [0.717, 1.165) is 0 Å². The minimum atomic E-state index is -3.70. The number of imidazole rings is 1. The number of sulfonamides is 1. The molecular weight excluding hydrogens is 410 g/mol. The van der Waals surface area contributed by atoms with Crippen molar-refractivity contribution in [2.75, 3.05) is 38.5 Å². The lowest BCUT2D eigenvalue weighted by atomic mass is 10.3. The van der Waals surface area contributed by atoms with Crippen LogP contribution in [0.15, 0.2) is 11.2 Å². The second-order valence-corrected chi connectivity index (χ2v) is 9.90. The molecule has 2 aliphatic rings. The maximum atomic E-state index is 12.8. The van der Waals surface area contributed by atoms with Gasteiger partial charge in [0.1, 0.15) is 16.7 Å². The molecule has 3 heterocycles. The first-order valence-electron chi connectivity index (χ1n) is 8.45. The standard InChI is InChI=1S/C15H21N5O4S3/c1-11-16-12(8-17(11)2)27(23,24)19-5-3-4-18(6-7-19)13(21)9-20-14(22)10-26-15(20)25/h8H,3-7,9-10H2,1-2H3. The van der Waals surface area contributed by atoms with E-state index in [4.69, 9.17) is 12.2 Å². The van der Waals surface area contributed by atoms with Gasteiger partial charge in [0.2, 0.25) is 11.8 Å². The van der Waals surface area contributed by atoms with Crippen molar-refractivity contribution in [1.29, 1.82) is 0 Å². The monoisotopic (exact) mass is 431 g/mol. The summed E-state index contributed by atoms with van der Waals surface area (Å²) < 4.78 is 29.1. The smallest absolute Gasteiger partial charge is 0.262 e. The molecule has 2 aliphatic heterocycles. The number of carbonyl (C=O) groups excluding carboxylic acids is 2. The van der Waals surface area contributed by atoms with Crippen LogP contribution in [0.3, 0.4) is 0 Å². The van der Waals surface area contributed by atoms with Gasteiger partial charge >= 0.3 is 0 Å². The first-order chi connectivity index (χ1) is 12.7. The Kier molecular flexibility index (Phi) is 5.89. The topological polar surface area (TPSA) is 95.8 Å². The molecule has 148 valence electrons. The highest BCUT2D eigenvalue weighted by atomic mass is 32.2. The second-order valence-electron chi connectivity index (χ2n) is 6.41.